The number of hydrogen-bond donors (Lipinski definition) is 1. The second kappa shape index (κ2) is 4.21. The molecule has 0 heterocycles. The van der Waals surface area contributed by atoms with Gasteiger partial charge < -0.3 is 5.11 Å². The molecule has 0 spiro atoms. The van der Waals surface area contributed by atoms with Crippen molar-refractivity contribution in [3.05, 3.63) is 51.1 Å². The van der Waals surface area contributed by atoms with E-state index in [1.54, 1.807) is 13.8 Å². The smallest absolute Gasteiger partial charge is 0.222 e. The molecule has 4 heteroatoms. The van der Waals surface area contributed by atoms with Crippen LogP contribution in [0.2, 0.25) is 0 Å². The molecule has 0 bridgehead atoms. The fourth-order valence-corrected chi connectivity index (χ4v) is 2.73. The van der Waals surface area contributed by atoms with Gasteiger partial charge in [0.2, 0.25) is 6.04 Å². The van der Waals surface area contributed by atoms with Crippen LogP contribution < -0.4 is 0 Å². The lowest BCUT2D eigenvalue weighted by Crippen LogP contribution is -2.51. The number of aliphatic hydroxyl groups is 1. The third-order valence-corrected chi connectivity index (χ3v) is 4.11. The summed E-state index contributed by atoms with van der Waals surface area (Å²) in [5, 5.41) is 21.5. The maximum Gasteiger partial charge on any atom is 0.222 e. The highest BCUT2D eigenvalue weighted by Gasteiger charge is 2.49. The van der Waals surface area contributed by atoms with Crippen molar-refractivity contribution in [2.45, 2.75) is 38.3 Å². The first-order valence-electron chi connectivity index (χ1n) is 5.98. The lowest BCUT2D eigenvalue weighted by molar-refractivity contribution is -0.532. The monoisotopic (exact) mass is 247 g/mol. The minimum Gasteiger partial charge on any atom is -0.388 e. The van der Waals surface area contributed by atoms with E-state index in [-0.39, 0.29) is 4.92 Å². The van der Waals surface area contributed by atoms with Crippen molar-refractivity contribution in [1.29, 1.82) is 0 Å². The van der Waals surface area contributed by atoms with Gasteiger partial charge in [-0.2, -0.15) is 0 Å². The summed E-state index contributed by atoms with van der Waals surface area (Å²) in [7, 11) is 0. The summed E-state index contributed by atoms with van der Waals surface area (Å²) in [5.74, 6) is 0. The third-order valence-electron chi connectivity index (χ3n) is 4.11. The van der Waals surface area contributed by atoms with Crippen LogP contribution in [-0.2, 0) is 5.41 Å². The topological polar surface area (TPSA) is 63.4 Å². The average molecular weight is 247 g/mol. The highest BCUT2D eigenvalue weighted by atomic mass is 16.6. The summed E-state index contributed by atoms with van der Waals surface area (Å²) in [5.41, 5.74) is 1.67. The van der Waals surface area contributed by atoms with E-state index in [4.69, 9.17) is 0 Å². The molecule has 0 fully saturated rings. The van der Waals surface area contributed by atoms with Gasteiger partial charge in [0.25, 0.3) is 0 Å². The molecular formula is C14H17NO3. The zero-order chi connectivity index (χ0) is 13.5. The first kappa shape index (κ1) is 12.8. The number of fused-ring (bicyclic) bond motifs is 1. The van der Waals surface area contributed by atoms with E-state index in [1.807, 2.05) is 37.3 Å². The summed E-state index contributed by atoms with van der Waals surface area (Å²) in [4.78, 5) is 10.8. The predicted molar refractivity (Wildman–Crippen MR) is 69.9 cm³/mol. The molecule has 1 aliphatic carbocycles. The Kier molecular flexibility index (Phi) is 2.99. The largest absolute Gasteiger partial charge is 0.388 e. The van der Waals surface area contributed by atoms with Gasteiger partial charge in [-0.05, 0) is 30.5 Å². The number of nitro groups is 1. The molecule has 1 N–H and O–H groups in total. The summed E-state index contributed by atoms with van der Waals surface area (Å²) in [6.07, 6.45) is 1.07. The highest BCUT2D eigenvalue weighted by molar-refractivity contribution is 5.64. The number of benzene rings is 1. The van der Waals surface area contributed by atoms with Crippen molar-refractivity contribution in [2.75, 3.05) is 0 Å². The standard InChI is InChI=1S/C14H17NO3/c1-9-8-11-6-4-5-7-12(11)14(3,13(9)16)10(2)15(17)18/h4-8,10,13,16H,1-3H3/t10-,13-,14+/m0/s1. The van der Waals surface area contributed by atoms with E-state index in [0.29, 0.717) is 0 Å². The summed E-state index contributed by atoms with van der Waals surface area (Å²) < 4.78 is 0. The Labute approximate surface area is 106 Å². The van der Waals surface area contributed by atoms with Crippen LogP contribution in [0.1, 0.15) is 31.9 Å². The summed E-state index contributed by atoms with van der Waals surface area (Å²) in [6, 6.07) is 6.69. The van der Waals surface area contributed by atoms with Gasteiger partial charge in [-0.15, -0.1) is 0 Å². The van der Waals surface area contributed by atoms with Crippen molar-refractivity contribution < 1.29 is 10.0 Å². The molecule has 0 radical (unpaired) electrons. The third kappa shape index (κ3) is 1.64. The molecule has 0 saturated heterocycles. The van der Waals surface area contributed by atoms with Crippen molar-refractivity contribution in [1.82, 2.24) is 0 Å². The Bertz CT molecular complexity index is 524. The van der Waals surface area contributed by atoms with E-state index >= 15 is 0 Å². The predicted octanol–water partition coefficient (Wildman–Crippen LogP) is 2.39. The maximum absolute atomic E-state index is 11.1. The van der Waals surface area contributed by atoms with Crippen LogP contribution in [0.3, 0.4) is 0 Å². The van der Waals surface area contributed by atoms with Crippen molar-refractivity contribution in [3.8, 4) is 0 Å². The van der Waals surface area contributed by atoms with E-state index in [2.05, 4.69) is 0 Å². The Balaban J connectivity index is 2.66. The Morgan fingerprint density at radius 3 is 2.67 bits per heavy atom. The SMILES string of the molecule is CC1=Cc2ccccc2[C@@](C)([C@H](C)[N+](=O)[O-])[C@H]1O. The van der Waals surface area contributed by atoms with Crippen LogP contribution in [0.15, 0.2) is 29.8 Å². The second-order valence-corrected chi connectivity index (χ2v) is 5.12. The molecule has 2 rings (SSSR count). The van der Waals surface area contributed by atoms with Gasteiger partial charge >= 0.3 is 0 Å². The van der Waals surface area contributed by atoms with E-state index in [0.717, 1.165) is 16.7 Å². The van der Waals surface area contributed by atoms with Gasteiger partial charge in [0.1, 0.15) is 0 Å². The summed E-state index contributed by atoms with van der Waals surface area (Å²) >= 11 is 0. The first-order chi connectivity index (χ1) is 8.39. The minimum atomic E-state index is -0.890. The Hall–Kier alpha value is -1.68. The molecular weight excluding hydrogens is 230 g/mol. The number of hydrogen-bond acceptors (Lipinski definition) is 3. The molecule has 1 aromatic rings. The Morgan fingerprint density at radius 2 is 2.06 bits per heavy atom. The van der Waals surface area contributed by atoms with Crippen LogP contribution in [-0.4, -0.2) is 22.2 Å². The molecule has 4 nitrogen and oxygen atoms in total. The van der Waals surface area contributed by atoms with E-state index in [1.165, 1.54) is 0 Å². The molecule has 0 saturated carbocycles. The van der Waals surface area contributed by atoms with Crippen molar-refractivity contribution in [2.24, 2.45) is 0 Å². The van der Waals surface area contributed by atoms with Gasteiger partial charge in [-0.1, -0.05) is 30.3 Å². The maximum atomic E-state index is 11.1. The molecule has 0 aromatic heterocycles. The molecule has 18 heavy (non-hydrogen) atoms. The quantitative estimate of drug-likeness (QED) is 0.644. The normalized spacial score (nSPS) is 28.2. The van der Waals surface area contributed by atoms with Gasteiger partial charge in [0, 0.05) is 11.8 Å². The molecule has 1 aromatic carbocycles. The van der Waals surface area contributed by atoms with Crippen LogP contribution in [0.5, 0.6) is 0 Å². The zero-order valence-electron chi connectivity index (χ0n) is 10.8. The number of aliphatic hydroxyl groups excluding tert-OH is 1. The lowest BCUT2D eigenvalue weighted by Gasteiger charge is -2.39. The highest BCUT2D eigenvalue weighted by Crippen LogP contribution is 2.42. The van der Waals surface area contributed by atoms with Gasteiger partial charge in [0.05, 0.1) is 11.5 Å². The summed E-state index contributed by atoms with van der Waals surface area (Å²) in [6.45, 7) is 5.13. The van der Waals surface area contributed by atoms with Crippen LogP contribution in [0.25, 0.3) is 6.08 Å². The van der Waals surface area contributed by atoms with E-state index in [9.17, 15) is 15.2 Å². The molecule has 0 unspecified atom stereocenters. The lowest BCUT2D eigenvalue weighted by atomic mass is 9.66. The minimum absolute atomic E-state index is 0.321. The molecule has 96 valence electrons. The van der Waals surface area contributed by atoms with E-state index < -0.39 is 17.6 Å². The molecule has 3 atom stereocenters. The number of rotatable bonds is 2. The zero-order valence-corrected chi connectivity index (χ0v) is 10.8. The van der Waals surface area contributed by atoms with Crippen molar-refractivity contribution >= 4 is 6.08 Å². The van der Waals surface area contributed by atoms with Crippen LogP contribution in [0, 0.1) is 10.1 Å². The van der Waals surface area contributed by atoms with Gasteiger partial charge in [-0.25, -0.2) is 0 Å². The van der Waals surface area contributed by atoms with Gasteiger partial charge in [0.15, 0.2) is 0 Å². The Morgan fingerprint density at radius 1 is 1.44 bits per heavy atom. The van der Waals surface area contributed by atoms with Crippen molar-refractivity contribution in [3.63, 3.8) is 0 Å². The molecule has 0 aliphatic heterocycles. The van der Waals surface area contributed by atoms with Crippen LogP contribution in [0.4, 0.5) is 0 Å². The fraction of sp³-hybridized carbons (Fsp3) is 0.429. The molecule has 1 aliphatic rings. The first-order valence-corrected chi connectivity index (χ1v) is 5.98. The number of nitrogens with zero attached hydrogens (tertiary/aromatic N) is 1. The average Bonchev–Trinajstić information content (AvgIpc) is 2.35. The van der Waals surface area contributed by atoms with Gasteiger partial charge in [-0.3, -0.25) is 10.1 Å². The molecule has 0 amide bonds. The van der Waals surface area contributed by atoms with Crippen LogP contribution >= 0.6 is 0 Å². The second-order valence-electron chi connectivity index (χ2n) is 5.12. The fourth-order valence-electron chi connectivity index (χ4n) is 2.73.